The van der Waals surface area contributed by atoms with E-state index in [9.17, 15) is 18.0 Å². The minimum Gasteiger partial charge on any atom is -0.336 e. The maximum absolute atomic E-state index is 13.1. The summed E-state index contributed by atoms with van der Waals surface area (Å²) >= 11 is 0. The van der Waals surface area contributed by atoms with Gasteiger partial charge < -0.3 is 10.2 Å². The van der Waals surface area contributed by atoms with Crippen LogP contribution >= 0.6 is 0 Å². The minimum atomic E-state index is -4.45. The van der Waals surface area contributed by atoms with Gasteiger partial charge in [0, 0.05) is 44.4 Å². The van der Waals surface area contributed by atoms with E-state index in [4.69, 9.17) is 0 Å². The van der Waals surface area contributed by atoms with Crippen LogP contribution in [0.1, 0.15) is 32.9 Å². The number of H-pyrrole nitrogens is 1. The van der Waals surface area contributed by atoms with Gasteiger partial charge in [-0.15, -0.1) is 0 Å². The third-order valence-electron chi connectivity index (χ3n) is 4.09. The van der Waals surface area contributed by atoms with Gasteiger partial charge in [-0.05, 0) is 11.6 Å². The molecule has 1 aliphatic rings. The fraction of sp³-hybridized carbons (Fsp3) is 0.375. The van der Waals surface area contributed by atoms with E-state index in [1.165, 1.54) is 30.1 Å². The normalized spacial score (nSPS) is 14.3. The van der Waals surface area contributed by atoms with E-state index in [0.717, 1.165) is 30.3 Å². The largest absolute Gasteiger partial charge is 0.416 e. The maximum Gasteiger partial charge on any atom is 0.416 e. The number of halogens is 3. The molecule has 0 bridgehead atoms. The number of aromatic amines is 1. The first-order chi connectivity index (χ1) is 11.4. The molecule has 2 heterocycles. The molecule has 1 aliphatic heterocycles. The molecule has 0 spiro atoms. The third kappa shape index (κ3) is 3.14. The van der Waals surface area contributed by atoms with Crippen LogP contribution in [0.5, 0.6) is 0 Å². The summed E-state index contributed by atoms with van der Waals surface area (Å²) in [6.07, 6.45) is -3.70. The van der Waals surface area contributed by atoms with Gasteiger partial charge in [0.25, 0.3) is 5.91 Å². The zero-order valence-electron chi connectivity index (χ0n) is 13.1. The van der Waals surface area contributed by atoms with Crippen molar-refractivity contribution in [1.29, 1.82) is 0 Å². The highest BCUT2D eigenvalue weighted by Gasteiger charge is 2.33. The molecule has 128 valence electrons. The number of carbonyl (C=O) groups is 1. The summed E-state index contributed by atoms with van der Waals surface area (Å²) in [5.74, 6) is -0.395. The molecule has 0 saturated carbocycles. The summed E-state index contributed by atoms with van der Waals surface area (Å²) in [6.45, 7) is 1.20. The second-order valence-electron chi connectivity index (χ2n) is 5.77. The Labute approximate surface area is 136 Å². The average Bonchev–Trinajstić information content (AvgIpc) is 2.97. The van der Waals surface area contributed by atoms with Crippen LogP contribution in [0.4, 0.5) is 13.2 Å². The summed E-state index contributed by atoms with van der Waals surface area (Å²) in [5, 5.41) is 10.1. The number of hydrogen-bond acceptors (Lipinski definition) is 3. The van der Waals surface area contributed by atoms with Crippen molar-refractivity contribution in [3.63, 3.8) is 0 Å². The van der Waals surface area contributed by atoms with Crippen molar-refractivity contribution in [1.82, 2.24) is 20.4 Å². The molecule has 0 atom stereocenters. The zero-order chi connectivity index (χ0) is 17.3. The van der Waals surface area contributed by atoms with Crippen LogP contribution in [-0.2, 0) is 25.7 Å². The lowest BCUT2D eigenvalue weighted by molar-refractivity contribution is -0.138. The molecule has 2 N–H and O–H groups in total. The van der Waals surface area contributed by atoms with Crippen molar-refractivity contribution in [3.05, 3.63) is 52.3 Å². The van der Waals surface area contributed by atoms with Gasteiger partial charge in [0.05, 0.1) is 5.56 Å². The van der Waals surface area contributed by atoms with Crippen molar-refractivity contribution in [2.45, 2.75) is 25.7 Å². The molecule has 8 heteroatoms. The molecule has 0 aliphatic carbocycles. The molecule has 2 aromatic rings. The Balaban J connectivity index is 1.82. The van der Waals surface area contributed by atoms with Crippen LogP contribution in [0, 0.1) is 0 Å². The highest BCUT2D eigenvalue weighted by Crippen LogP contribution is 2.32. The summed E-state index contributed by atoms with van der Waals surface area (Å²) in [7, 11) is 1.48. The number of carbonyl (C=O) groups excluding carboxylic acids is 1. The van der Waals surface area contributed by atoms with Crippen molar-refractivity contribution < 1.29 is 18.0 Å². The number of hydrogen-bond donors (Lipinski definition) is 2. The average molecular weight is 338 g/mol. The molecule has 5 nitrogen and oxygen atoms in total. The van der Waals surface area contributed by atoms with E-state index in [1.807, 2.05) is 0 Å². The standard InChI is InChI=1S/C16H17F3N4O/c1-23(9-10-4-2-3-5-12(10)16(17,18)19)15(24)14-11-8-20-7-6-13(11)21-22-14/h2-5,20H,6-9H2,1H3,(H,21,22). The predicted molar refractivity (Wildman–Crippen MR) is 81.2 cm³/mol. The zero-order valence-corrected chi connectivity index (χ0v) is 13.1. The van der Waals surface area contributed by atoms with E-state index in [0.29, 0.717) is 6.54 Å². The van der Waals surface area contributed by atoms with Crippen molar-refractivity contribution in [3.8, 4) is 0 Å². The fourth-order valence-corrected chi connectivity index (χ4v) is 2.84. The molecule has 0 radical (unpaired) electrons. The summed E-state index contributed by atoms with van der Waals surface area (Å²) in [6, 6.07) is 5.27. The fourth-order valence-electron chi connectivity index (χ4n) is 2.84. The van der Waals surface area contributed by atoms with Gasteiger partial charge in [-0.2, -0.15) is 18.3 Å². The molecule has 1 aromatic heterocycles. The predicted octanol–water partition coefficient (Wildman–Crippen LogP) is 2.35. The van der Waals surface area contributed by atoms with Gasteiger partial charge in [-0.3, -0.25) is 9.89 Å². The summed E-state index contributed by atoms with van der Waals surface area (Å²) < 4.78 is 39.2. The minimum absolute atomic E-state index is 0.0587. The number of alkyl halides is 3. The first-order valence-electron chi connectivity index (χ1n) is 7.55. The Morgan fingerprint density at radius 3 is 2.83 bits per heavy atom. The van der Waals surface area contributed by atoms with Crippen LogP contribution in [0.2, 0.25) is 0 Å². The second-order valence-corrected chi connectivity index (χ2v) is 5.77. The SMILES string of the molecule is CN(Cc1ccccc1C(F)(F)F)C(=O)c1n[nH]c2c1CNCC2. The number of nitrogens with one attached hydrogen (secondary N) is 2. The topological polar surface area (TPSA) is 61.0 Å². The van der Waals surface area contributed by atoms with Crippen molar-refractivity contribution >= 4 is 5.91 Å². The van der Waals surface area contributed by atoms with Crippen molar-refractivity contribution in [2.75, 3.05) is 13.6 Å². The molecular formula is C16H17F3N4O. The lowest BCUT2D eigenvalue weighted by atomic mass is 10.1. The van der Waals surface area contributed by atoms with Crippen molar-refractivity contribution in [2.24, 2.45) is 0 Å². The highest BCUT2D eigenvalue weighted by molar-refractivity contribution is 5.93. The van der Waals surface area contributed by atoms with E-state index in [1.54, 1.807) is 0 Å². The summed E-state index contributed by atoms with van der Waals surface area (Å²) in [5.41, 5.74) is 1.30. The molecule has 1 amide bonds. The van der Waals surface area contributed by atoms with Crippen LogP contribution in [0.3, 0.4) is 0 Å². The number of benzene rings is 1. The Kier molecular flexibility index (Phi) is 4.31. The third-order valence-corrected chi connectivity index (χ3v) is 4.09. The number of rotatable bonds is 3. The Bertz CT molecular complexity index is 754. The quantitative estimate of drug-likeness (QED) is 0.903. The number of fused-ring (bicyclic) bond motifs is 1. The summed E-state index contributed by atoms with van der Waals surface area (Å²) in [4.78, 5) is 13.8. The molecule has 0 unspecified atom stereocenters. The molecular weight excluding hydrogens is 321 g/mol. The molecule has 24 heavy (non-hydrogen) atoms. The first-order valence-corrected chi connectivity index (χ1v) is 7.55. The van der Waals surface area contributed by atoms with Gasteiger partial charge in [0.1, 0.15) is 0 Å². The van der Waals surface area contributed by atoms with Crippen LogP contribution in [0.25, 0.3) is 0 Å². The van der Waals surface area contributed by atoms with E-state index in [2.05, 4.69) is 15.5 Å². The van der Waals surface area contributed by atoms with E-state index >= 15 is 0 Å². The van der Waals surface area contributed by atoms with Crippen LogP contribution in [0.15, 0.2) is 24.3 Å². The van der Waals surface area contributed by atoms with Gasteiger partial charge in [0.15, 0.2) is 5.69 Å². The second kappa shape index (κ2) is 6.27. The van der Waals surface area contributed by atoms with Gasteiger partial charge in [-0.1, -0.05) is 18.2 Å². The maximum atomic E-state index is 13.1. The first kappa shape index (κ1) is 16.5. The number of nitrogens with zero attached hydrogens (tertiary/aromatic N) is 2. The van der Waals surface area contributed by atoms with Gasteiger partial charge in [0.2, 0.25) is 0 Å². The van der Waals surface area contributed by atoms with Crippen LogP contribution < -0.4 is 5.32 Å². The molecule has 0 saturated heterocycles. The van der Waals surface area contributed by atoms with Gasteiger partial charge >= 0.3 is 6.18 Å². The lowest BCUT2D eigenvalue weighted by Crippen LogP contribution is -2.30. The molecule has 0 fully saturated rings. The molecule has 3 rings (SSSR count). The highest BCUT2D eigenvalue weighted by atomic mass is 19.4. The smallest absolute Gasteiger partial charge is 0.336 e. The number of aromatic nitrogens is 2. The Hall–Kier alpha value is -2.35. The van der Waals surface area contributed by atoms with Gasteiger partial charge in [-0.25, -0.2) is 0 Å². The van der Waals surface area contributed by atoms with Crippen LogP contribution in [-0.4, -0.2) is 34.6 Å². The lowest BCUT2D eigenvalue weighted by Gasteiger charge is -2.20. The van der Waals surface area contributed by atoms with E-state index in [-0.39, 0.29) is 17.8 Å². The van der Waals surface area contributed by atoms with E-state index < -0.39 is 17.6 Å². The Morgan fingerprint density at radius 1 is 1.33 bits per heavy atom. The number of amides is 1. The monoisotopic (exact) mass is 338 g/mol. The molecule has 1 aromatic carbocycles. The Morgan fingerprint density at radius 2 is 2.08 bits per heavy atom.